The lowest BCUT2D eigenvalue weighted by atomic mass is 9.98. The molecule has 8 nitrogen and oxygen atoms in total. The molecule has 0 unspecified atom stereocenters. The van der Waals surface area contributed by atoms with Gasteiger partial charge in [0.2, 0.25) is 5.91 Å². The van der Waals surface area contributed by atoms with Crippen molar-refractivity contribution in [2.45, 2.75) is 19.9 Å². The number of rotatable bonds is 7. The molecule has 1 aliphatic rings. The topological polar surface area (TPSA) is 86.3 Å². The van der Waals surface area contributed by atoms with Crippen molar-refractivity contribution < 1.29 is 4.79 Å². The summed E-state index contributed by atoms with van der Waals surface area (Å²) in [5.74, 6) is 0.380. The second-order valence-electron chi connectivity index (χ2n) is 9.37. The quantitative estimate of drug-likeness (QED) is 0.322. The standard InChI is InChI=1S/C28H32N6O2S/c1-3-33-18-29-27-25(28(33)36)24(20-5-4-6-21(17-20)30-23(35)11-16-37)26(31-27)19-7-9-22(10-8-19)34-14-12-32(2)13-15-34/h4-10,17-18,31,37H,3,11-16H2,1-2H3,(H,30,35). The van der Waals surface area contributed by atoms with Crippen molar-refractivity contribution in [1.82, 2.24) is 19.4 Å². The third-order valence-electron chi connectivity index (χ3n) is 6.92. The van der Waals surface area contributed by atoms with Crippen LogP contribution in [-0.4, -0.2) is 64.3 Å². The number of carbonyl (C=O) groups excluding carboxylic acids is 1. The Labute approximate surface area is 221 Å². The predicted octanol–water partition coefficient (Wildman–Crippen LogP) is 4.09. The lowest BCUT2D eigenvalue weighted by Gasteiger charge is -2.34. The van der Waals surface area contributed by atoms with Gasteiger partial charge in [-0.3, -0.25) is 14.2 Å². The second kappa shape index (κ2) is 10.8. The summed E-state index contributed by atoms with van der Waals surface area (Å²) in [6.45, 7) is 6.55. The van der Waals surface area contributed by atoms with E-state index in [1.165, 1.54) is 5.69 Å². The zero-order chi connectivity index (χ0) is 25.9. The molecule has 37 heavy (non-hydrogen) atoms. The highest BCUT2D eigenvalue weighted by molar-refractivity contribution is 7.80. The Hall–Kier alpha value is -3.56. The molecule has 3 heterocycles. The summed E-state index contributed by atoms with van der Waals surface area (Å²) < 4.78 is 1.61. The average molecular weight is 517 g/mol. The van der Waals surface area contributed by atoms with Crippen LogP contribution in [0.2, 0.25) is 0 Å². The fourth-order valence-electron chi connectivity index (χ4n) is 4.83. The van der Waals surface area contributed by atoms with Crippen molar-refractivity contribution >= 4 is 40.9 Å². The van der Waals surface area contributed by atoms with E-state index in [1.54, 1.807) is 10.9 Å². The van der Waals surface area contributed by atoms with E-state index in [0.29, 0.717) is 35.4 Å². The Morgan fingerprint density at radius 3 is 2.54 bits per heavy atom. The monoisotopic (exact) mass is 516 g/mol. The van der Waals surface area contributed by atoms with Crippen molar-refractivity contribution in [3.8, 4) is 22.4 Å². The maximum Gasteiger partial charge on any atom is 0.263 e. The van der Waals surface area contributed by atoms with Gasteiger partial charge in [0.15, 0.2) is 0 Å². The minimum atomic E-state index is -0.0965. The molecule has 1 fully saturated rings. The third kappa shape index (κ3) is 5.14. The minimum absolute atomic E-state index is 0.0939. The van der Waals surface area contributed by atoms with Gasteiger partial charge in [-0.05, 0) is 55.1 Å². The van der Waals surface area contributed by atoms with Crippen molar-refractivity contribution in [1.29, 1.82) is 0 Å². The first-order valence-electron chi connectivity index (χ1n) is 12.6. The summed E-state index contributed by atoms with van der Waals surface area (Å²) in [7, 11) is 2.15. The van der Waals surface area contributed by atoms with Crippen molar-refractivity contribution in [3.05, 3.63) is 65.2 Å². The van der Waals surface area contributed by atoms with Gasteiger partial charge in [-0.1, -0.05) is 24.3 Å². The lowest BCUT2D eigenvalue weighted by molar-refractivity contribution is -0.115. The zero-order valence-corrected chi connectivity index (χ0v) is 22.1. The summed E-state index contributed by atoms with van der Waals surface area (Å²) in [4.78, 5) is 38.3. The van der Waals surface area contributed by atoms with Crippen LogP contribution in [0.15, 0.2) is 59.7 Å². The van der Waals surface area contributed by atoms with E-state index >= 15 is 0 Å². The number of aromatic nitrogens is 3. The Morgan fingerprint density at radius 2 is 1.84 bits per heavy atom. The Morgan fingerprint density at radius 1 is 1.08 bits per heavy atom. The van der Waals surface area contributed by atoms with Crippen molar-refractivity contribution in [3.63, 3.8) is 0 Å². The number of fused-ring (bicyclic) bond motifs is 1. The molecule has 2 N–H and O–H groups in total. The van der Waals surface area contributed by atoms with Gasteiger partial charge in [0.05, 0.1) is 17.4 Å². The number of nitrogens with one attached hydrogen (secondary N) is 2. The number of nitrogens with zero attached hydrogens (tertiary/aromatic N) is 4. The smallest absolute Gasteiger partial charge is 0.263 e. The maximum absolute atomic E-state index is 13.4. The largest absolute Gasteiger partial charge is 0.369 e. The van der Waals surface area contributed by atoms with Crippen LogP contribution < -0.4 is 15.8 Å². The number of hydrogen-bond acceptors (Lipinski definition) is 6. The highest BCUT2D eigenvalue weighted by atomic mass is 32.1. The molecule has 2 aromatic heterocycles. The zero-order valence-electron chi connectivity index (χ0n) is 21.2. The maximum atomic E-state index is 13.4. The summed E-state index contributed by atoms with van der Waals surface area (Å²) in [5, 5.41) is 3.47. The first kappa shape index (κ1) is 25.1. The molecule has 0 spiro atoms. The minimum Gasteiger partial charge on any atom is -0.369 e. The first-order valence-corrected chi connectivity index (χ1v) is 13.3. The van der Waals surface area contributed by atoms with Gasteiger partial charge in [0.25, 0.3) is 5.56 Å². The van der Waals surface area contributed by atoms with E-state index in [1.807, 2.05) is 31.2 Å². The number of carbonyl (C=O) groups is 1. The van der Waals surface area contributed by atoms with Gasteiger partial charge in [0, 0.05) is 56.1 Å². The van der Waals surface area contributed by atoms with E-state index in [-0.39, 0.29) is 11.5 Å². The van der Waals surface area contributed by atoms with E-state index in [0.717, 1.165) is 48.6 Å². The van der Waals surface area contributed by atoms with Gasteiger partial charge in [0.1, 0.15) is 5.65 Å². The molecular weight excluding hydrogens is 484 g/mol. The molecule has 1 aliphatic heterocycles. The lowest BCUT2D eigenvalue weighted by Crippen LogP contribution is -2.44. The van der Waals surface area contributed by atoms with Crippen LogP contribution >= 0.6 is 12.6 Å². The molecular formula is C28H32N6O2S. The molecule has 0 radical (unpaired) electrons. The number of likely N-dealkylation sites (N-methyl/N-ethyl adjacent to an activating group) is 1. The van der Waals surface area contributed by atoms with Gasteiger partial charge < -0.3 is 20.1 Å². The Bertz CT molecular complexity index is 1470. The molecule has 1 amide bonds. The van der Waals surface area contributed by atoms with E-state index in [4.69, 9.17) is 0 Å². The summed E-state index contributed by atoms with van der Waals surface area (Å²) in [5.41, 5.74) is 5.74. The fourth-order valence-corrected chi connectivity index (χ4v) is 5.03. The van der Waals surface area contributed by atoms with Crippen LogP contribution in [0.4, 0.5) is 11.4 Å². The molecule has 0 aliphatic carbocycles. The van der Waals surface area contributed by atoms with Crippen LogP contribution in [0.3, 0.4) is 0 Å². The van der Waals surface area contributed by atoms with Crippen molar-refractivity contribution in [2.75, 3.05) is 49.2 Å². The van der Waals surface area contributed by atoms with Gasteiger partial charge in [-0.2, -0.15) is 12.6 Å². The van der Waals surface area contributed by atoms with Crippen LogP contribution in [0.5, 0.6) is 0 Å². The van der Waals surface area contributed by atoms with Gasteiger partial charge in [-0.25, -0.2) is 4.98 Å². The molecule has 0 atom stereocenters. The second-order valence-corrected chi connectivity index (χ2v) is 9.82. The first-order chi connectivity index (χ1) is 18.0. The molecule has 4 aromatic rings. The number of piperazine rings is 1. The van der Waals surface area contributed by atoms with E-state index in [9.17, 15) is 9.59 Å². The SMILES string of the molecule is CCn1cnc2[nH]c(-c3ccc(N4CCN(C)CC4)cc3)c(-c3cccc(NC(=O)CCS)c3)c2c1=O. The number of H-pyrrole nitrogens is 1. The van der Waals surface area contributed by atoms with Crippen LogP contribution in [0, 0.1) is 0 Å². The number of amides is 1. The number of aromatic amines is 1. The molecule has 9 heteroatoms. The number of aryl methyl sites for hydroxylation is 1. The molecule has 2 aromatic carbocycles. The van der Waals surface area contributed by atoms with E-state index in [2.05, 4.69) is 69.0 Å². The molecule has 192 valence electrons. The number of hydrogen-bond donors (Lipinski definition) is 3. The summed E-state index contributed by atoms with van der Waals surface area (Å²) in [6.07, 6.45) is 1.91. The van der Waals surface area contributed by atoms with Gasteiger partial charge in [-0.15, -0.1) is 0 Å². The Kier molecular flexibility index (Phi) is 7.34. The molecule has 1 saturated heterocycles. The van der Waals surface area contributed by atoms with Crippen LogP contribution in [0.1, 0.15) is 13.3 Å². The normalized spacial score (nSPS) is 14.3. The third-order valence-corrected chi connectivity index (χ3v) is 7.14. The fraction of sp³-hybridized carbons (Fsp3) is 0.321. The Balaban J connectivity index is 1.60. The molecule has 5 rings (SSSR count). The number of anilines is 2. The van der Waals surface area contributed by atoms with E-state index < -0.39 is 0 Å². The summed E-state index contributed by atoms with van der Waals surface area (Å²) in [6, 6.07) is 16.1. The number of benzene rings is 2. The molecule has 0 saturated carbocycles. The van der Waals surface area contributed by atoms with Crippen LogP contribution in [-0.2, 0) is 11.3 Å². The summed E-state index contributed by atoms with van der Waals surface area (Å²) >= 11 is 4.15. The predicted molar refractivity (Wildman–Crippen MR) is 154 cm³/mol. The van der Waals surface area contributed by atoms with Crippen LogP contribution in [0.25, 0.3) is 33.4 Å². The molecule has 0 bridgehead atoms. The van der Waals surface area contributed by atoms with Crippen molar-refractivity contribution in [2.24, 2.45) is 0 Å². The highest BCUT2D eigenvalue weighted by Crippen LogP contribution is 2.38. The highest BCUT2D eigenvalue weighted by Gasteiger charge is 2.21. The van der Waals surface area contributed by atoms with Gasteiger partial charge >= 0.3 is 0 Å². The number of thiol groups is 1. The average Bonchev–Trinajstić information content (AvgIpc) is 3.30.